The van der Waals surface area contributed by atoms with Crippen LogP contribution in [-0.2, 0) is 20.7 Å². The van der Waals surface area contributed by atoms with E-state index in [2.05, 4.69) is 32.5 Å². The third kappa shape index (κ3) is 3.92. The highest BCUT2D eigenvalue weighted by Gasteiger charge is 2.48. The van der Waals surface area contributed by atoms with E-state index in [1.54, 1.807) is 30.5 Å². The smallest absolute Gasteiger partial charge is 0.294 e. The van der Waals surface area contributed by atoms with Gasteiger partial charge in [-0.25, -0.2) is 4.99 Å². The molecule has 1 aromatic carbocycles. The minimum Gasteiger partial charge on any atom is -0.447 e. The molecule has 1 fully saturated rings. The molecular formula is C24H22ClN5O4. The summed E-state index contributed by atoms with van der Waals surface area (Å²) in [7, 11) is 0. The number of nitrogens with two attached hydrogens (primary N) is 1. The standard InChI is InChI=1S/C24H22ClN5O4/c25-16-9-27-18-8-17(12-1-3-13(4-2-12)24(33)28-10-34-11-31)29-22(18)21(16)30-20-15-6-5-14(7-15)19(20)23(26)32/h1-6,9,11,14-15,19-20H,7-8,10H2,(H2,26,32)(H,27,30)(H,28,33)/t14-,15+,19+,20-/m1/s1. The van der Waals surface area contributed by atoms with Crippen LogP contribution in [0.15, 0.2) is 47.6 Å². The zero-order chi connectivity index (χ0) is 23.8. The summed E-state index contributed by atoms with van der Waals surface area (Å²) in [6.45, 7) is 0.0774. The van der Waals surface area contributed by atoms with Crippen molar-refractivity contribution in [3.8, 4) is 0 Å². The van der Waals surface area contributed by atoms with E-state index in [1.807, 2.05) is 0 Å². The van der Waals surface area contributed by atoms with Crippen molar-refractivity contribution in [2.75, 3.05) is 12.0 Å². The summed E-state index contributed by atoms with van der Waals surface area (Å²) in [6, 6.07) is 6.82. The highest BCUT2D eigenvalue weighted by atomic mass is 35.5. The van der Waals surface area contributed by atoms with Crippen molar-refractivity contribution in [2.24, 2.45) is 28.5 Å². The van der Waals surface area contributed by atoms with E-state index in [4.69, 9.17) is 22.3 Å². The Labute approximate surface area is 200 Å². The summed E-state index contributed by atoms with van der Waals surface area (Å²) < 4.78 is 4.49. The number of carbonyl (C=O) groups excluding carboxylic acids is 3. The Kier molecular flexibility index (Phi) is 5.79. The van der Waals surface area contributed by atoms with Gasteiger partial charge >= 0.3 is 0 Å². The zero-order valence-corrected chi connectivity index (χ0v) is 18.8. The molecule has 0 spiro atoms. The molecule has 0 radical (unpaired) electrons. The number of anilines is 1. The SMILES string of the molecule is NC(=O)[C@@H]1[C@H](Nc2c(Cl)cnc3c2N=C(c2ccc(C(=O)NCOC=O)cc2)C3)[C@H]2C=C[C@@H]1C2. The highest BCUT2D eigenvalue weighted by molar-refractivity contribution is 6.34. The quantitative estimate of drug-likeness (QED) is 0.230. The van der Waals surface area contributed by atoms with E-state index < -0.39 is 0 Å². The van der Waals surface area contributed by atoms with Crippen molar-refractivity contribution in [1.29, 1.82) is 0 Å². The number of pyridine rings is 1. The molecule has 174 valence electrons. The van der Waals surface area contributed by atoms with Crippen LogP contribution in [0.2, 0.25) is 5.02 Å². The molecule has 2 heterocycles. The van der Waals surface area contributed by atoms with Gasteiger partial charge in [0.2, 0.25) is 5.91 Å². The fourth-order valence-electron chi connectivity index (χ4n) is 5.04. The van der Waals surface area contributed by atoms with Gasteiger partial charge in [-0.05, 0) is 36.0 Å². The second-order valence-electron chi connectivity index (χ2n) is 8.55. The van der Waals surface area contributed by atoms with Crippen LogP contribution < -0.4 is 16.4 Å². The van der Waals surface area contributed by atoms with Gasteiger partial charge in [-0.15, -0.1) is 0 Å². The molecule has 2 aliphatic carbocycles. The third-order valence-electron chi connectivity index (χ3n) is 6.63. The molecule has 3 aliphatic rings. The van der Waals surface area contributed by atoms with E-state index in [1.165, 1.54) is 0 Å². The first kappa shape index (κ1) is 22.1. The van der Waals surface area contributed by atoms with Crippen LogP contribution >= 0.6 is 11.6 Å². The Balaban J connectivity index is 1.38. The van der Waals surface area contributed by atoms with E-state index >= 15 is 0 Å². The second-order valence-corrected chi connectivity index (χ2v) is 8.96. The number of aromatic nitrogens is 1. The number of rotatable bonds is 8. The van der Waals surface area contributed by atoms with Crippen LogP contribution in [0.1, 0.15) is 28.0 Å². The Hall–Kier alpha value is -3.72. The number of benzene rings is 1. The van der Waals surface area contributed by atoms with E-state index in [-0.39, 0.29) is 48.8 Å². The molecule has 0 saturated heterocycles. The fraction of sp³-hybridized carbons (Fsp3) is 0.292. The van der Waals surface area contributed by atoms with Gasteiger partial charge in [-0.2, -0.15) is 0 Å². The number of allylic oxidation sites excluding steroid dienone is 1. The molecule has 9 nitrogen and oxygen atoms in total. The van der Waals surface area contributed by atoms with Gasteiger partial charge in [0.15, 0.2) is 6.73 Å². The van der Waals surface area contributed by atoms with Gasteiger partial charge < -0.3 is 21.1 Å². The van der Waals surface area contributed by atoms with E-state index in [9.17, 15) is 14.4 Å². The van der Waals surface area contributed by atoms with Gasteiger partial charge in [0.05, 0.1) is 28.0 Å². The Bertz CT molecular complexity index is 1230. The third-order valence-corrected chi connectivity index (χ3v) is 6.91. The lowest BCUT2D eigenvalue weighted by Gasteiger charge is -2.28. The number of hydrogen-bond donors (Lipinski definition) is 3. The normalized spacial score (nSPS) is 23.9. The van der Waals surface area contributed by atoms with Gasteiger partial charge in [0.1, 0.15) is 5.69 Å². The summed E-state index contributed by atoms with van der Waals surface area (Å²) in [5.74, 6) is -0.609. The number of aliphatic imine (C=N–C) groups is 1. The Morgan fingerprint density at radius 2 is 1.97 bits per heavy atom. The Morgan fingerprint density at radius 3 is 2.71 bits per heavy atom. The number of amides is 2. The first-order valence-electron chi connectivity index (χ1n) is 10.9. The van der Waals surface area contributed by atoms with Crippen molar-refractivity contribution < 1.29 is 19.1 Å². The fourth-order valence-corrected chi connectivity index (χ4v) is 5.23. The minimum absolute atomic E-state index is 0.142. The Morgan fingerprint density at radius 1 is 1.21 bits per heavy atom. The van der Waals surface area contributed by atoms with Crippen LogP contribution in [0.5, 0.6) is 0 Å². The molecule has 34 heavy (non-hydrogen) atoms. The van der Waals surface area contributed by atoms with Crippen LogP contribution in [-0.4, -0.2) is 41.8 Å². The highest BCUT2D eigenvalue weighted by Crippen LogP contribution is 2.47. The maximum Gasteiger partial charge on any atom is 0.294 e. The predicted molar refractivity (Wildman–Crippen MR) is 126 cm³/mol. The first-order chi connectivity index (χ1) is 16.5. The summed E-state index contributed by atoms with van der Waals surface area (Å²) in [6.07, 6.45) is 7.21. The summed E-state index contributed by atoms with van der Waals surface area (Å²) in [5, 5.41) is 6.39. The first-order valence-corrected chi connectivity index (χ1v) is 11.3. The topological polar surface area (TPSA) is 136 Å². The lowest BCUT2D eigenvalue weighted by molar-refractivity contribution is -0.129. The zero-order valence-electron chi connectivity index (χ0n) is 18.0. The maximum absolute atomic E-state index is 12.1. The maximum atomic E-state index is 12.1. The van der Waals surface area contributed by atoms with Crippen molar-refractivity contribution in [1.82, 2.24) is 10.3 Å². The number of fused-ring (bicyclic) bond motifs is 3. The molecule has 5 rings (SSSR count). The number of hydrogen-bond acceptors (Lipinski definition) is 7. The number of ether oxygens (including phenoxy) is 1. The van der Waals surface area contributed by atoms with Gasteiger partial charge in [0, 0.05) is 24.2 Å². The molecule has 10 heteroatoms. The average molecular weight is 480 g/mol. The van der Waals surface area contributed by atoms with Crippen molar-refractivity contribution in [3.63, 3.8) is 0 Å². The van der Waals surface area contributed by atoms with Gasteiger partial charge in [-0.3, -0.25) is 19.4 Å². The van der Waals surface area contributed by atoms with Crippen molar-refractivity contribution in [2.45, 2.75) is 18.9 Å². The van der Waals surface area contributed by atoms with E-state index in [0.29, 0.717) is 28.4 Å². The molecule has 2 aromatic rings. The summed E-state index contributed by atoms with van der Waals surface area (Å²) in [4.78, 5) is 43.7. The monoisotopic (exact) mass is 479 g/mol. The molecule has 4 atom stereocenters. The molecule has 1 saturated carbocycles. The molecule has 1 aliphatic heterocycles. The average Bonchev–Trinajstić information content (AvgIpc) is 3.56. The van der Waals surface area contributed by atoms with Crippen molar-refractivity contribution in [3.05, 3.63) is 64.5 Å². The number of nitrogens with one attached hydrogen (secondary N) is 2. The summed E-state index contributed by atoms with van der Waals surface area (Å²) in [5.41, 5.74) is 9.88. The molecule has 1 aromatic heterocycles. The van der Waals surface area contributed by atoms with Crippen LogP contribution in [0.25, 0.3) is 0 Å². The largest absolute Gasteiger partial charge is 0.447 e. The van der Waals surface area contributed by atoms with Crippen LogP contribution in [0.3, 0.4) is 0 Å². The van der Waals surface area contributed by atoms with Gasteiger partial charge in [-0.1, -0.05) is 35.9 Å². The number of nitrogens with zero attached hydrogens (tertiary/aromatic N) is 2. The molecule has 0 unspecified atom stereocenters. The predicted octanol–water partition coefficient (Wildman–Crippen LogP) is 2.36. The molecule has 2 bridgehead atoms. The van der Waals surface area contributed by atoms with Crippen LogP contribution in [0.4, 0.5) is 11.4 Å². The molecular weight excluding hydrogens is 458 g/mol. The number of halogens is 1. The molecule has 4 N–H and O–H groups in total. The number of primary amides is 1. The lowest BCUT2D eigenvalue weighted by atomic mass is 9.88. The van der Waals surface area contributed by atoms with Crippen LogP contribution in [0, 0.1) is 17.8 Å². The second kappa shape index (κ2) is 8.90. The van der Waals surface area contributed by atoms with Crippen molar-refractivity contribution >= 4 is 47.0 Å². The van der Waals surface area contributed by atoms with E-state index in [0.717, 1.165) is 23.4 Å². The number of carbonyl (C=O) groups is 3. The molecule has 2 amide bonds. The summed E-state index contributed by atoms with van der Waals surface area (Å²) >= 11 is 6.51. The minimum atomic E-state index is -0.353. The lowest BCUT2D eigenvalue weighted by Crippen LogP contribution is -2.41. The van der Waals surface area contributed by atoms with Gasteiger partial charge in [0.25, 0.3) is 12.4 Å².